The second kappa shape index (κ2) is 3.29. The Bertz CT molecular complexity index is 228. The smallest absolute Gasteiger partial charge is 0.298 e. The Morgan fingerprint density at radius 1 is 1.80 bits per heavy atom. The second-order valence-corrected chi connectivity index (χ2v) is 4.17. The highest BCUT2D eigenvalue weighted by Crippen LogP contribution is 2.27. The minimum absolute atomic E-state index is 0.416. The zero-order valence-corrected chi connectivity index (χ0v) is 8.10. The zero-order chi connectivity index (χ0) is 7.56. The predicted molar refractivity (Wildman–Crippen MR) is 46.3 cm³/mol. The van der Waals surface area contributed by atoms with Gasteiger partial charge in [0.2, 0.25) is 0 Å². The first-order valence-corrected chi connectivity index (χ1v) is 4.33. The van der Waals surface area contributed by atoms with Crippen molar-refractivity contribution in [1.82, 2.24) is 4.37 Å². The number of carbonyl (C=O) groups is 1. The van der Waals surface area contributed by atoms with Crippen LogP contribution < -0.4 is 4.74 Å². The molecule has 1 aromatic rings. The molecule has 1 aromatic heterocycles. The molecule has 54 valence electrons. The minimum Gasteiger partial charge on any atom is -0.425 e. The van der Waals surface area contributed by atoms with Crippen LogP contribution in [0.15, 0.2) is 0 Å². The van der Waals surface area contributed by atoms with Crippen LogP contribution in [0.5, 0.6) is 5.75 Å². The molecule has 0 amide bonds. The highest BCUT2D eigenvalue weighted by Gasteiger charge is 2.07. The maximum absolute atomic E-state index is 9.93. The van der Waals surface area contributed by atoms with Gasteiger partial charge >= 0.3 is 0 Å². The average Bonchev–Trinajstić information content (AvgIpc) is 2.20. The Morgan fingerprint density at radius 2 is 2.50 bits per heavy atom. The highest BCUT2D eigenvalue weighted by molar-refractivity contribution is 14.1. The van der Waals surface area contributed by atoms with Gasteiger partial charge in [0, 0.05) is 0 Å². The van der Waals surface area contributed by atoms with Crippen LogP contribution in [-0.4, -0.2) is 10.8 Å². The predicted octanol–water partition coefficient (Wildman–Crippen LogP) is 1.59. The molecule has 0 spiro atoms. The molecule has 0 fully saturated rings. The maximum Gasteiger partial charge on any atom is 0.298 e. The first-order chi connectivity index (χ1) is 4.75. The van der Waals surface area contributed by atoms with Crippen molar-refractivity contribution in [2.24, 2.45) is 0 Å². The van der Waals surface area contributed by atoms with Crippen LogP contribution in [0.3, 0.4) is 0 Å². The van der Waals surface area contributed by atoms with Gasteiger partial charge in [-0.1, -0.05) is 0 Å². The van der Waals surface area contributed by atoms with Crippen molar-refractivity contribution in [3.8, 4) is 5.75 Å². The quantitative estimate of drug-likeness (QED) is 0.604. The van der Waals surface area contributed by atoms with E-state index < -0.39 is 0 Å². The van der Waals surface area contributed by atoms with Crippen molar-refractivity contribution in [2.75, 3.05) is 0 Å². The Morgan fingerprint density at radius 3 is 2.90 bits per heavy atom. The lowest BCUT2D eigenvalue weighted by Crippen LogP contribution is -1.89. The summed E-state index contributed by atoms with van der Waals surface area (Å²) < 4.78 is 9.56. The summed E-state index contributed by atoms with van der Waals surface area (Å²) in [5.74, 6) is 0.584. The SMILES string of the molecule is Cc1nsc(I)c1OC=O. The van der Waals surface area contributed by atoms with Gasteiger partial charge in [-0.15, -0.1) is 0 Å². The Balaban J connectivity index is 2.97. The molecule has 10 heavy (non-hydrogen) atoms. The van der Waals surface area contributed by atoms with E-state index in [1.807, 2.05) is 0 Å². The van der Waals surface area contributed by atoms with E-state index in [1.165, 1.54) is 11.5 Å². The standard InChI is InChI=1S/C5H4INO2S/c1-3-4(9-2-8)5(6)10-7-3/h2H,1H3. The summed E-state index contributed by atoms with van der Waals surface area (Å²) >= 11 is 3.40. The largest absolute Gasteiger partial charge is 0.425 e. The number of hydrogen-bond donors (Lipinski definition) is 0. The topological polar surface area (TPSA) is 39.2 Å². The Labute approximate surface area is 75.7 Å². The van der Waals surface area contributed by atoms with Gasteiger partial charge in [0.1, 0.15) is 2.88 Å². The van der Waals surface area contributed by atoms with Gasteiger partial charge in [-0.25, -0.2) is 0 Å². The van der Waals surface area contributed by atoms with Gasteiger partial charge in [0.25, 0.3) is 6.47 Å². The average molecular weight is 269 g/mol. The summed E-state index contributed by atoms with van der Waals surface area (Å²) in [6, 6.07) is 0. The Kier molecular flexibility index (Phi) is 2.61. The first kappa shape index (κ1) is 7.93. The molecule has 0 saturated carbocycles. The molecule has 0 bridgehead atoms. The molecule has 0 saturated heterocycles. The first-order valence-electron chi connectivity index (χ1n) is 2.47. The van der Waals surface area contributed by atoms with E-state index in [0.717, 1.165) is 8.58 Å². The third kappa shape index (κ3) is 1.46. The van der Waals surface area contributed by atoms with E-state index in [9.17, 15) is 4.79 Å². The van der Waals surface area contributed by atoms with E-state index in [-0.39, 0.29) is 0 Å². The van der Waals surface area contributed by atoms with Crippen molar-refractivity contribution in [1.29, 1.82) is 0 Å². The van der Waals surface area contributed by atoms with Crippen LogP contribution in [0.25, 0.3) is 0 Å². The molecule has 0 aliphatic carbocycles. The molecular weight excluding hydrogens is 265 g/mol. The molecule has 1 rings (SSSR count). The number of rotatable bonds is 2. The van der Waals surface area contributed by atoms with E-state index >= 15 is 0 Å². The van der Waals surface area contributed by atoms with Gasteiger partial charge in [-0.3, -0.25) is 4.79 Å². The summed E-state index contributed by atoms with van der Waals surface area (Å²) in [5.41, 5.74) is 0.765. The molecule has 0 aliphatic rings. The number of carbonyl (C=O) groups excluding carboxylic acids is 1. The fraction of sp³-hybridized carbons (Fsp3) is 0.200. The number of hydrogen-bond acceptors (Lipinski definition) is 4. The summed E-state index contributed by atoms with van der Waals surface area (Å²) in [4.78, 5) is 9.93. The molecule has 0 aliphatic heterocycles. The van der Waals surface area contributed by atoms with Crippen molar-refractivity contribution in [3.05, 3.63) is 8.58 Å². The molecule has 1 heterocycles. The molecular formula is C5H4INO2S. The van der Waals surface area contributed by atoms with Gasteiger partial charge in [0.05, 0.1) is 5.69 Å². The Hall–Kier alpha value is -0.170. The van der Waals surface area contributed by atoms with E-state index in [2.05, 4.69) is 31.7 Å². The second-order valence-electron chi connectivity index (χ2n) is 1.58. The number of halogens is 1. The summed E-state index contributed by atoms with van der Waals surface area (Å²) in [6.45, 7) is 2.22. The molecule has 3 nitrogen and oxygen atoms in total. The lowest BCUT2D eigenvalue weighted by atomic mass is 10.5. The van der Waals surface area contributed by atoms with Crippen LogP contribution in [-0.2, 0) is 4.79 Å². The van der Waals surface area contributed by atoms with Crippen molar-refractivity contribution in [2.45, 2.75) is 6.92 Å². The molecule has 0 N–H and O–H groups in total. The molecule has 0 unspecified atom stereocenters. The lowest BCUT2D eigenvalue weighted by Gasteiger charge is -1.92. The highest BCUT2D eigenvalue weighted by atomic mass is 127. The van der Waals surface area contributed by atoms with Crippen LogP contribution in [0.4, 0.5) is 0 Å². The summed E-state index contributed by atoms with van der Waals surface area (Å²) in [6.07, 6.45) is 0. The fourth-order valence-electron chi connectivity index (χ4n) is 0.513. The molecule has 5 heteroatoms. The van der Waals surface area contributed by atoms with Crippen LogP contribution in [0.1, 0.15) is 5.69 Å². The fourth-order valence-corrected chi connectivity index (χ4v) is 1.90. The minimum atomic E-state index is 0.416. The third-order valence-corrected chi connectivity index (χ3v) is 2.73. The summed E-state index contributed by atoms with van der Waals surface area (Å²) in [7, 11) is 0. The third-order valence-electron chi connectivity index (χ3n) is 0.936. The monoisotopic (exact) mass is 269 g/mol. The summed E-state index contributed by atoms with van der Waals surface area (Å²) in [5, 5.41) is 0. The van der Waals surface area contributed by atoms with Crippen LogP contribution >= 0.6 is 34.1 Å². The number of ether oxygens (including phenoxy) is 1. The number of nitrogens with zero attached hydrogens (tertiary/aromatic N) is 1. The van der Waals surface area contributed by atoms with Crippen LogP contribution in [0.2, 0.25) is 0 Å². The molecule has 0 atom stereocenters. The number of aryl methyl sites for hydroxylation is 1. The number of aromatic nitrogens is 1. The van der Waals surface area contributed by atoms with Crippen LogP contribution in [0, 0.1) is 9.81 Å². The zero-order valence-electron chi connectivity index (χ0n) is 5.13. The normalized spacial score (nSPS) is 9.40. The van der Waals surface area contributed by atoms with Gasteiger partial charge in [-0.05, 0) is 41.0 Å². The van der Waals surface area contributed by atoms with Crippen molar-refractivity contribution in [3.63, 3.8) is 0 Å². The maximum atomic E-state index is 9.93. The van der Waals surface area contributed by atoms with Gasteiger partial charge in [-0.2, -0.15) is 4.37 Å². The molecule has 0 aromatic carbocycles. The van der Waals surface area contributed by atoms with Gasteiger partial charge in [0.15, 0.2) is 5.75 Å². The van der Waals surface area contributed by atoms with E-state index in [0.29, 0.717) is 12.2 Å². The van der Waals surface area contributed by atoms with Gasteiger partial charge < -0.3 is 4.74 Å². The van der Waals surface area contributed by atoms with Crippen molar-refractivity contribution >= 4 is 40.6 Å². The van der Waals surface area contributed by atoms with E-state index in [4.69, 9.17) is 0 Å². The lowest BCUT2D eigenvalue weighted by molar-refractivity contribution is -0.120. The van der Waals surface area contributed by atoms with E-state index in [1.54, 1.807) is 6.92 Å². The molecule has 0 radical (unpaired) electrons. The van der Waals surface area contributed by atoms with Crippen molar-refractivity contribution < 1.29 is 9.53 Å².